The standard InChI is InChI=1S/C20H21N5O/c1-13-7-9-15(10-8-13)20-22-24-25(23-20)12-19(26)21-18-11-17(18)16-6-4-3-5-14(16)2/h3-10,17-18H,11-12H2,1-2H3,(H,21,26)/t17-,18+/m0/s1. The molecule has 1 aliphatic rings. The summed E-state index contributed by atoms with van der Waals surface area (Å²) in [7, 11) is 0. The molecule has 0 aliphatic heterocycles. The first-order chi connectivity index (χ1) is 12.6. The van der Waals surface area contributed by atoms with Crippen LogP contribution < -0.4 is 5.32 Å². The van der Waals surface area contributed by atoms with Gasteiger partial charge in [-0.2, -0.15) is 4.80 Å². The minimum atomic E-state index is -0.0843. The van der Waals surface area contributed by atoms with Crippen LogP contribution in [0.25, 0.3) is 11.4 Å². The fraction of sp³-hybridized carbons (Fsp3) is 0.300. The Bertz CT molecular complexity index is 931. The number of hydrogen-bond acceptors (Lipinski definition) is 4. The molecule has 2 atom stereocenters. The third kappa shape index (κ3) is 3.49. The van der Waals surface area contributed by atoms with Crippen molar-refractivity contribution in [3.8, 4) is 11.4 Å². The van der Waals surface area contributed by atoms with Gasteiger partial charge < -0.3 is 5.32 Å². The summed E-state index contributed by atoms with van der Waals surface area (Å²) in [5.74, 6) is 0.855. The normalized spacial score (nSPS) is 18.5. The maximum Gasteiger partial charge on any atom is 0.243 e. The smallest absolute Gasteiger partial charge is 0.243 e. The molecule has 1 aromatic heterocycles. The monoisotopic (exact) mass is 347 g/mol. The second-order valence-electron chi connectivity index (χ2n) is 6.88. The molecule has 1 heterocycles. The van der Waals surface area contributed by atoms with E-state index in [1.165, 1.54) is 21.5 Å². The molecular formula is C20H21N5O. The van der Waals surface area contributed by atoms with Gasteiger partial charge in [-0.15, -0.1) is 10.2 Å². The van der Waals surface area contributed by atoms with Gasteiger partial charge in [-0.1, -0.05) is 54.1 Å². The first kappa shape index (κ1) is 16.4. The number of aryl methyl sites for hydroxylation is 2. The van der Waals surface area contributed by atoms with E-state index in [4.69, 9.17) is 0 Å². The summed E-state index contributed by atoms with van der Waals surface area (Å²) in [6.07, 6.45) is 0.982. The van der Waals surface area contributed by atoms with E-state index in [1.807, 2.05) is 43.3 Å². The van der Waals surface area contributed by atoms with Gasteiger partial charge in [0.05, 0.1) is 0 Å². The minimum Gasteiger partial charge on any atom is -0.351 e. The Hall–Kier alpha value is -3.02. The van der Waals surface area contributed by atoms with E-state index in [0.29, 0.717) is 11.7 Å². The molecule has 1 aliphatic carbocycles. The molecule has 1 amide bonds. The molecule has 2 aromatic carbocycles. The van der Waals surface area contributed by atoms with Crippen LogP contribution in [0.5, 0.6) is 0 Å². The van der Waals surface area contributed by atoms with Gasteiger partial charge >= 0.3 is 0 Å². The van der Waals surface area contributed by atoms with E-state index >= 15 is 0 Å². The van der Waals surface area contributed by atoms with E-state index < -0.39 is 0 Å². The molecule has 0 radical (unpaired) electrons. The minimum absolute atomic E-state index is 0.0792. The van der Waals surface area contributed by atoms with Gasteiger partial charge in [0.1, 0.15) is 6.54 Å². The molecule has 132 valence electrons. The quantitative estimate of drug-likeness (QED) is 0.770. The molecule has 1 saturated carbocycles. The first-order valence-corrected chi connectivity index (χ1v) is 8.80. The van der Waals surface area contributed by atoms with Crippen molar-refractivity contribution in [2.75, 3.05) is 0 Å². The molecule has 3 aromatic rings. The number of aromatic nitrogens is 4. The second kappa shape index (κ2) is 6.71. The number of benzene rings is 2. The van der Waals surface area contributed by atoms with E-state index in [-0.39, 0.29) is 18.5 Å². The number of tetrazole rings is 1. The van der Waals surface area contributed by atoms with Crippen molar-refractivity contribution in [3.63, 3.8) is 0 Å². The third-order valence-electron chi connectivity index (χ3n) is 4.77. The Kier molecular flexibility index (Phi) is 4.24. The molecule has 6 heteroatoms. The van der Waals surface area contributed by atoms with Crippen molar-refractivity contribution in [2.45, 2.75) is 38.8 Å². The van der Waals surface area contributed by atoms with Crippen LogP contribution in [0.2, 0.25) is 0 Å². The van der Waals surface area contributed by atoms with E-state index in [9.17, 15) is 4.79 Å². The summed E-state index contributed by atoms with van der Waals surface area (Å²) in [5.41, 5.74) is 4.66. The van der Waals surface area contributed by atoms with Crippen molar-refractivity contribution in [3.05, 3.63) is 65.2 Å². The van der Waals surface area contributed by atoms with Crippen LogP contribution in [-0.2, 0) is 11.3 Å². The van der Waals surface area contributed by atoms with E-state index in [2.05, 4.69) is 39.8 Å². The van der Waals surface area contributed by atoms with Gasteiger partial charge in [-0.05, 0) is 36.6 Å². The van der Waals surface area contributed by atoms with Crippen molar-refractivity contribution in [2.24, 2.45) is 0 Å². The molecule has 6 nitrogen and oxygen atoms in total. The highest BCUT2D eigenvalue weighted by molar-refractivity contribution is 5.76. The van der Waals surface area contributed by atoms with Gasteiger partial charge in [0.15, 0.2) is 0 Å². The lowest BCUT2D eigenvalue weighted by molar-refractivity contribution is -0.122. The second-order valence-corrected chi connectivity index (χ2v) is 6.88. The summed E-state index contributed by atoms with van der Waals surface area (Å²) >= 11 is 0. The Morgan fingerprint density at radius 3 is 2.69 bits per heavy atom. The molecule has 26 heavy (non-hydrogen) atoms. The topological polar surface area (TPSA) is 72.7 Å². The van der Waals surface area contributed by atoms with Gasteiger partial charge in [-0.25, -0.2) is 0 Å². The average Bonchev–Trinajstić information content (AvgIpc) is 3.21. The number of rotatable bonds is 5. The van der Waals surface area contributed by atoms with Crippen molar-refractivity contribution in [1.82, 2.24) is 25.5 Å². The van der Waals surface area contributed by atoms with Crippen LogP contribution in [0, 0.1) is 13.8 Å². The molecule has 0 spiro atoms. The lowest BCUT2D eigenvalue weighted by atomic mass is 10.0. The first-order valence-electron chi connectivity index (χ1n) is 8.80. The predicted octanol–water partition coefficient (Wildman–Crippen LogP) is 2.63. The Labute approximate surface area is 152 Å². The molecule has 0 bridgehead atoms. The molecule has 1 N–H and O–H groups in total. The van der Waals surface area contributed by atoms with Crippen LogP contribution in [0.3, 0.4) is 0 Å². The number of nitrogens with one attached hydrogen (secondary N) is 1. The number of amides is 1. The number of hydrogen-bond donors (Lipinski definition) is 1. The third-order valence-corrected chi connectivity index (χ3v) is 4.77. The summed E-state index contributed by atoms with van der Waals surface area (Å²) in [6, 6.07) is 16.4. The van der Waals surface area contributed by atoms with Crippen molar-refractivity contribution in [1.29, 1.82) is 0 Å². The zero-order valence-corrected chi connectivity index (χ0v) is 14.9. The van der Waals surface area contributed by atoms with Crippen LogP contribution in [0.1, 0.15) is 29.0 Å². The summed E-state index contributed by atoms with van der Waals surface area (Å²) in [5, 5.41) is 15.4. The van der Waals surface area contributed by atoms with Gasteiger partial charge in [0.2, 0.25) is 11.7 Å². The Balaban J connectivity index is 1.35. The molecule has 4 rings (SSSR count). The SMILES string of the molecule is Cc1ccc(-c2nnn(CC(=O)N[C@@H]3C[C@H]3c3ccccc3C)n2)cc1. The van der Waals surface area contributed by atoms with E-state index in [1.54, 1.807) is 0 Å². The lowest BCUT2D eigenvalue weighted by Crippen LogP contribution is -2.31. The highest BCUT2D eigenvalue weighted by Gasteiger charge is 2.40. The fourth-order valence-electron chi connectivity index (χ4n) is 3.21. The summed E-state index contributed by atoms with van der Waals surface area (Å²) in [6.45, 7) is 4.22. The average molecular weight is 347 g/mol. The summed E-state index contributed by atoms with van der Waals surface area (Å²) < 4.78 is 0. The van der Waals surface area contributed by atoms with Crippen molar-refractivity contribution >= 4 is 5.91 Å². The summed E-state index contributed by atoms with van der Waals surface area (Å²) in [4.78, 5) is 13.6. The van der Waals surface area contributed by atoms with Crippen molar-refractivity contribution < 1.29 is 4.79 Å². The highest BCUT2D eigenvalue weighted by atomic mass is 16.2. The molecule has 0 unspecified atom stereocenters. The largest absolute Gasteiger partial charge is 0.351 e. The van der Waals surface area contributed by atoms with Gasteiger partial charge in [-0.3, -0.25) is 4.79 Å². The lowest BCUT2D eigenvalue weighted by Gasteiger charge is -2.06. The maximum atomic E-state index is 12.3. The zero-order chi connectivity index (χ0) is 18.1. The Morgan fingerprint density at radius 1 is 1.15 bits per heavy atom. The number of carbonyl (C=O) groups excluding carboxylic acids is 1. The zero-order valence-electron chi connectivity index (χ0n) is 14.9. The van der Waals surface area contributed by atoms with E-state index in [0.717, 1.165) is 12.0 Å². The highest BCUT2D eigenvalue weighted by Crippen LogP contribution is 2.42. The molecule has 1 fully saturated rings. The number of nitrogens with zero attached hydrogens (tertiary/aromatic N) is 4. The van der Waals surface area contributed by atoms with Gasteiger partial charge in [0, 0.05) is 17.5 Å². The van der Waals surface area contributed by atoms with Crippen LogP contribution in [-0.4, -0.2) is 32.2 Å². The van der Waals surface area contributed by atoms with Crippen LogP contribution in [0.15, 0.2) is 48.5 Å². The number of carbonyl (C=O) groups is 1. The maximum absolute atomic E-state index is 12.3. The fourth-order valence-corrected chi connectivity index (χ4v) is 3.21. The molecular weight excluding hydrogens is 326 g/mol. The Morgan fingerprint density at radius 2 is 1.92 bits per heavy atom. The van der Waals surface area contributed by atoms with Crippen LogP contribution in [0.4, 0.5) is 0 Å². The van der Waals surface area contributed by atoms with Gasteiger partial charge in [0.25, 0.3) is 0 Å². The molecule has 0 saturated heterocycles. The van der Waals surface area contributed by atoms with Crippen LogP contribution >= 0.6 is 0 Å². The predicted molar refractivity (Wildman–Crippen MR) is 98.5 cm³/mol.